The summed E-state index contributed by atoms with van der Waals surface area (Å²) in [4.78, 5) is 4.30. The highest BCUT2D eigenvalue weighted by molar-refractivity contribution is 6.32. The van der Waals surface area contributed by atoms with E-state index >= 15 is 0 Å². The van der Waals surface area contributed by atoms with Crippen LogP contribution in [0.5, 0.6) is 0 Å². The van der Waals surface area contributed by atoms with E-state index in [4.69, 9.17) is 11.6 Å². The van der Waals surface area contributed by atoms with E-state index in [1.807, 2.05) is 35.0 Å². The number of H-pyrrole nitrogens is 1. The fraction of sp³-hybridized carbons (Fsp3) is 0.0667. The summed E-state index contributed by atoms with van der Waals surface area (Å²) >= 11 is 6.00. The minimum absolute atomic E-state index is 0.0212. The second-order valence-corrected chi connectivity index (χ2v) is 5.39. The first-order valence-electron chi connectivity index (χ1n) is 6.84. The number of benzene rings is 1. The summed E-state index contributed by atoms with van der Waals surface area (Å²) < 4.78 is 16.5. The largest absolute Gasteiger partial charge is 0.341 e. The SMILES string of the molecule is Fc1c(Cl)cc2ccn(Cc3ccccn3)c2c1-c1nn[nH]n1. The molecule has 0 bridgehead atoms. The molecule has 0 fully saturated rings. The van der Waals surface area contributed by atoms with Gasteiger partial charge in [0, 0.05) is 17.8 Å². The number of nitrogens with one attached hydrogen (secondary N) is 1. The first-order valence-corrected chi connectivity index (χ1v) is 7.22. The Morgan fingerprint density at radius 1 is 1.26 bits per heavy atom. The van der Waals surface area contributed by atoms with E-state index in [0.717, 1.165) is 11.1 Å². The Hall–Kier alpha value is -2.80. The summed E-state index contributed by atoms with van der Waals surface area (Å²) in [5, 5.41) is 14.4. The molecule has 0 aliphatic heterocycles. The van der Waals surface area contributed by atoms with Crippen LogP contribution < -0.4 is 0 Å². The molecule has 0 saturated heterocycles. The summed E-state index contributed by atoms with van der Waals surface area (Å²) in [7, 11) is 0. The quantitative estimate of drug-likeness (QED) is 0.627. The molecule has 8 heteroatoms. The van der Waals surface area contributed by atoms with E-state index in [0.29, 0.717) is 12.1 Å². The van der Waals surface area contributed by atoms with Crippen molar-refractivity contribution in [3.63, 3.8) is 0 Å². The van der Waals surface area contributed by atoms with Crippen molar-refractivity contribution in [1.82, 2.24) is 30.2 Å². The van der Waals surface area contributed by atoms with Gasteiger partial charge in [0.1, 0.15) is 0 Å². The molecule has 0 aliphatic rings. The molecule has 0 spiro atoms. The molecule has 1 aromatic carbocycles. The number of hydrogen-bond donors (Lipinski definition) is 1. The fourth-order valence-electron chi connectivity index (χ4n) is 2.59. The van der Waals surface area contributed by atoms with Crippen molar-refractivity contribution in [3.05, 3.63) is 59.3 Å². The van der Waals surface area contributed by atoms with E-state index in [1.165, 1.54) is 0 Å². The third-order valence-corrected chi connectivity index (χ3v) is 3.85. The van der Waals surface area contributed by atoms with Crippen molar-refractivity contribution in [2.24, 2.45) is 0 Å². The van der Waals surface area contributed by atoms with Crippen LogP contribution in [0.2, 0.25) is 5.02 Å². The van der Waals surface area contributed by atoms with Crippen LogP contribution in [-0.2, 0) is 6.54 Å². The number of pyridine rings is 1. The molecule has 0 saturated carbocycles. The Morgan fingerprint density at radius 2 is 2.17 bits per heavy atom. The maximum atomic E-state index is 14.6. The lowest BCUT2D eigenvalue weighted by molar-refractivity contribution is 0.631. The Balaban J connectivity index is 1.95. The van der Waals surface area contributed by atoms with Gasteiger partial charge in [0.2, 0.25) is 5.82 Å². The van der Waals surface area contributed by atoms with Crippen molar-refractivity contribution in [1.29, 1.82) is 0 Å². The smallest absolute Gasteiger partial charge is 0.209 e. The third kappa shape index (κ3) is 2.35. The van der Waals surface area contributed by atoms with Crippen molar-refractivity contribution < 1.29 is 4.39 Å². The molecule has 4 aromatic rings. The molecule has 0 atom stereocenters. The lowest BCUT2D eigenvalue weighted by Crippen LogP contribution is -2.02. The number of tetrazole rings is 1. The van der Waals surface area contributed by atoms with E-state index in [-0.39, 0.29) is 16.4 Å². The second-order valence-electron chi connectivity index (χ2n) is 4.99. The first-order chi connectivity index (χ1) is 11.2. The summed E-state index contributed by atoms with van der Waals surface area (Å²) in [6.45, 7) is 0.496. The monoisotopic (exact) mass is 328 g/mol. The predicted molar refractivity (Wildman–Crippen MR) is 83.4 cm³/mol. The van der Waals surface area contributed by atoms with Gasteiger partial charge in [-0.15, -0.1) is 10.2 Å². The summed E-state index contributed by atoms with van der Waals surface area (Å²) in [5.41, 5.74) is 1.74. The number of rotatable bonds is 3. The molecule has 1 N–H and O–H groups in total. The van der Waals surface area contributed by atoms with Crippen LogP contribution in [0, 0.1) is 5.82 Å². The van der Waals surface area contributed by atoms with Crippen molar-refractivity contribution in [2.45, 2.75) is 6.54 Å². The molecule has 0 aliphatic carbocycles. The molecule has 4 rings (SSSR count). The molecule has 3 heterocycles. The third-order valence-electron chi connectivity index (χ3n) is 3.57. The Morgan fingerprint density at radius 3 is 2.91 bits per heavy atom. The maximum absolute atomic E-state index is 14.6. The molecular formula is C15H10ClFN6. The normalized spacial score (nSPS) is 11.2. The van der Waals surface area contributed by atoms with Gasteiger partial charge in [0.25, 0.3) is 0 Å². The van der Waals surface area contributed by atoms with E-state index in [2.05, 4.69) is 25.6 Å². The number of nitrogens with zero attached hydrogens (tertiary/aromatic N) is 5. The highest BCUT2D eigenvalue weighted by atomic mass is 35.5. The number of aromatic amines is 1. The second kappa shape index (κ2) is 5.44. The van der Waals surface area contributed by atoms with Crippen LogP contribution in [0.15, 0.2) is 42.7 Å². The summed E-state index contributed by atoms with van der Waals surface area (Å²) in [6.07, 6.45) is 3.58. The highest BCUT2D eigenvalue weighted by Crippen LogP contribution is 2.34. The van der Waals surface area contributed by atoms with Gasteiger partial charge >= 0.3 is 0 Å². The highest BCUT2D eigenvalue weighted by Gasteiger charge is 2.20. The van der Waals surface area contributed by atoms with Crippen LogP contribution in [0.3, 0.4) is 0 Å². The van der Waals surface area contributed by atoms with E-state index in [1.54, 1.807) is 12.3 Å². The van der Waals surface area contributed by atoms with Crippen molar-refractivity contribution in [2.75, 3.05) is 0 Å². The zero-order valence-electron chi connectivity index (χ0n) is 11.7. The number of hydrogen-bond acceptors (Lipinski definition) is 4. The minimum Gasteiger partial charge on any atom is -0.341 e. The predicted octanol–water partition coefficient (Wildman–Crippen LogP) is 3.06. The average molecular weight is 329 g/mol. The van der Waals surface area contributed by atoms with Crippen LogP contribution in [-0.4, -0.2) is 30.2 Å². The molecule has 6 nitrogen and oxygen atoms in total. The standard InChI is InChI=1S/C15H10ClFN6/c16-11-7-9-4-6-23(8-10-3-1-2-5-18-10)14(9)12(13(11)17)15-19-21-22-20-15/h1-7H,8H2,(H,19,20,21,22). The molecule has 114 valence electrons. The Kier molecular flexibility index (Phi) is 3.27. The van der Waals surface area contributed by atoms with Gasteiger partial charge in [-0.2, -0.15) is 5.21 Å². The average Bonchev–Trinajstić information content (AvgIpc) is 3.21. The van der Waals surface area contributed by atoms with Crippen LogP contribution in [0.1, 0.15) is 5.69 Å². The van der Waals surface area contributed by atoms with Gasteiger partial charge in [0.15, 0.2) is 5.82 Å². The molecule has 23 heavy (non-hydrogen) atoms. The van der Waals surface area contributed by atoms with Gasteiger partial charge in [0.05, 0.1) is 28.3 Å². The molecule has 0 radical (unpaired) electrons. The Labute approximate surface area is 134 Å². The van der Waals surface area contributed by atoms with Crippen molar-refractivity contribution in [3.8, 4) is 11.4 Å². The van der Waals surface area contributed by atoms with E-state index in [9.17, 15) is 4.39 Å². The lowest BCUT2D eigenvalue weighted by Gasteiger charge is -2.09. The zero-order chi connectivity index (χ0) is 15.8. The molecule has 3 aromatic heterocycles. The number of aromatic nitrogens is 6. The van der Waals surface area contributed by atoms with Gasteiger partial charge < -0.3 is 4.57 Å². The van der Waals surface area contributed by atoms with Gasteiger partial charge in [-0.1, -0.05) is 17.7 Å². The van der Waals surface area contributed by atoms with E-state index < -0.39 is 5.82 Å². The van der Waals surface area contributed by atoms with Crippen LogP contribution in [0.25, 0.3) is 22.3 Å². The topological polar surface area (TPSA) is 72.3 Å². The number of fused-ring (bicyclic) bond motifs is 1. The van der Waals surface area contributed by atoms with Crippen LogP contribution >= 0.6 is 11.6 Å². The molecule has 0 unspecified atom stereocenters. The summed E-state index contributed by atoms with van der Waals surface area (Å²) in [5.74, 6) is -0.405. The first kappa shape index (κ1) is 13.8. The lowest BCUT2D eigenvalue weighted by atomic mass is 10.1. The fourth-order valence-corrected chi connectivity index (χ4v) is 2.80. The van der Waals surface area contributed by atoms with Gasteiger partial charge in [-0.25, -0.2) is 4.39 Å². The number of halogens is 2. The summed E-state index contributed by atoms with van der Waals surface area (Å²) in [6, 6.07) is 9.12. The van der Waals surface area contributed by atoms with Crippen molar-refractivity contribution >= 4 is 22.5 Å². The maximum Gasteiger partial charge on any atom is 0.209 e. The Bertz CT molecular complexity index is 965. The van der Waals surface area contributed by atoms with Crippen LogP contribution in [0.4, 0.5) is 4.39 Å². The molecule has 0 amide bonds. The minimum atomic E-state index is -0.568. The van der Waals surface area contributed by atoms with Gasteiger partial charge in [-0.05, 0) is 29.5 Å². The zero-order valence-corrected chi connectivity index (χ0v) is 12.5. The molecular weight excluding hydrogens is 319 g/mol. The van der Waals surface area contributed by atoms with Gasteiger partial charge in [-0.3, -0.25) is 4.98 Å².